The maximum absolute atomic E-state index is 11.6. The number of hydrogen-bond acceptors (Lipinski definition) is 5. The SMILES string of the molecule is COCC(N)C(=O)NCc1ccc(OC)c(OC)c1.Cl. The molecule has 0 saturated heterocycles. The van der Waals surface area contributed by atoms with Crippen LogP contribution in [0.2, 0.25) is 0 Å². The second-order valence-corrected chi connectivity index (χ2v) is 3.97. The predicted octanol–water partition coefficient (Wildman–Crippen LogP) is 0.716. The van der Waals surface area contributed by atoms with Gasteiger partial charge in [-0.25, -0.2) is 0 Å². The summed E-state index contributed by atoms with van der Waals surface area (Å²) in [7, 11) is 4.64. The van der Waals surface area contributed by atoms with Gasteiger partial charge in [0.1, 0.15) is 6.04 Å². The van der Waals surface area contributed by atoms with Crippen molar-refractivity contribution in [1.82, 2.24) is 5.32 Å². The number of hydrogen-bond donors (Lipinski definition) is 2. The zero-order chi connectivity index (χ0) is 14.3. The number of nitrogens with two attached hydrogens (primary N) is 1. The number of carbonyl (C=O) groups excluding carboxylic acids is 1. The van der Waals surface area contributed by atoms with Gasteiger partial charge in [-0.15, -0.1) is 12.4 Å². The average Bonchev–Trinajstić information content (AvgIpc) is 2.44. The third-order valence-corrected chi connectivity index (χ3v) is 2.60. The highest BCUT2D eigenvalue weighted by Crippen LogP contribution is 2.27. The molecule has 1 aromatic carbocycles. The van der Waals surface area contributed by atoms with E-state index >= 15 is 0 Å². The lowest BCUT2D eigenvalue weighted by molar-refractivity contribution is -0.123. The first-order valence-corrected chi connectivity index (χ1v) is 5.85. The Morgan fingerprint density at radius 3 is 2.45 bits per heavy atom. The summed E-state index contributed by atoms with van der Waals surface area (Å²) in [6.07, 6.45) is 0. The van der Waals surface area contributed by atoms with Crippen LogP contribution in [0.5, 0.6) is 11.5 Å². The van der Waals surface area contributed by atoms with Crippen LogP contribution in [-0.2, 0) is 16.1 Å². The summed E-state index contributed by atoms with van der Waals surface area (Å²) in [5, 5.41) is 2.73. The fraction of sp³-hybridized carbons (Fsp3) is 0.462. The number of amides is 1. The van der Waals surface area contributed by atoms with Gasteiger partial charge in [-0.2, -0.15) is 0 Å². The molecule has 0 fully saturated rings. The Morgan fingerprint density at radius 1 is 1.25 bits per heavy atom. The third-order valence-electron chi connectivity index (χ3n) is 2.60. The number of rotatable bonds is 7. The lowest BCUT2D eigenvalue weighted by atomic mass is 10.2. The normalized spacial score (nSPS) is 11.2. The van der Waals surface area contributed by atoms with E-state index in [0.29, 0.717) is 18.0 Å². The lowest BCUT2D eigenvalue weighted by Gasteiger charge is -2.13. The molecule has 6 nitrogen and oxygen atoms in total. The molecule has 0 aliphatic heterocycles. The standard InChI is InChI=1S/C13H20N2O4.ClH/c1-17-8-10(14)13(16)15-7-9-4-5-11(18-2)12(6-9)19-3;/h4-6,10H,7-8,14H2,1-3H3,(H,15,16);1H. The number of benzene rings is 1. The number of carbonyl (C=O) groups is 1. The first-order chi connectivity index (χ1) is 9.12. The summed E-state index contributed by atoms with van der Waals surface area (Å²) in [5.41, 5.74) is 6.51. The molecule has 1 unspecified atom stereocenters. The molecule has 20 heavy (non-hydrogen) atoms. The van der Waals surface area contributed by atoms with E-state index < -0.39 is 6.04 Å². The van der Waals surface area contributed by atoms with Gasteiger partial charge in [0, 0.05) is 13.7 Å². The highest BCUT2D eigenvalue weighted by Gasteiger charge is 2.12. The van der Waals surface area contributed by atoms with Crippen LogP contribution in [-0.4, -0.2) is 39.9 Å². The van der Waals surface area contributed by atoms with Gasteiger partial charge in [0.05, 0.1) is 20.8 Å². The highest BCUT2D eigenvalue weighted by atomic mass is 35.5. The van der Waals surface area contributed by atoms with Crippen molar-refractivity contribution in [3.05, 3.63) is 23.8 Å². The topological polar surface area (TPSA) is 82.8 Å². The molecule has 1 rings (SSSR count). The summed E-state index contributed by atoms with van der Waals surface area (Å²) in [6.45, 7) is 0.564. The van der Waals surface area contributed by atoms with E-state index in [9.17, 15) is 4.79 Å². The zero-order valence-corrected chi connectivity index (χ0v) is 12.7. The van der Waals surface area contributed by atoms with Crippen LogP contribution in [0.15, 0.2) is 18.2 Å². The van der Waals surface area contributed by atoms with Crippen LogP contribution in [0.1, 0.15) is 5.56 Å². The molecule has 3 N–H and O–H groups in total. The monoisotopic (exact) mass is 304 g/mol. The quantitative estimate of drug-likeness (QED) is 0.775. The molecule has 0 bridgehead atoms. The summed E-state index contributed by atoms with van der Waals surface area (Å²) >= 11 is 0. The van der Waals surface area contributed by atoms with Crippen molar-refractivity contribution in [3.8, 4) is 11.5 Å². The minimum absolute atomic E-state index is 0. The van der Waals surface area contributed by atoms with Crippen molar-refractivity contribution in [2.75, 3.05) is 27.9 Å². The molecule has 0 aromatic heterocycles. The van der Waals surface area contributed by atoms with Crippen molar-refractivity contribution in [2.24, 2.45) is 5.73 Å². The van der Waals surface area contributed by atoms with Gasteiger partial charge in [0.25, 0.3) is 0 Å². The molecule has 1 amide bonds. The van der Waals surface area contributed by atoms with Gasteiger partial charge in [-0.3, -0.25) is 4.79 Å². The second kappa shape index (κ2) is 9.41. The predicted molar refractivity (Wildman–Crippen MR) is 78.5 cm³/mol. The maximum Gasteiger partial charge on any atom is 0.239 e. The fourth-order valence-electron chi connectivity index (χ4n) is 1.57. The van der Waals surface area contributed by atoms with Crippen LogP contribution in [0.4, 0.5) is 0 Å². The van der Waals surface area contributed by atoms with Crippen molar-refractivity contribution in [3.63, 3.8) is 0 Å². The van der Waals surface area contributed by atoms with E-state index in [4.69, 9.17) is 19.9 Å². The Morgan fingerprint density at radius 2 is 1.90 bits per heavy atom. The Labute approximate surface area is 125 Å². The van der Waals surface area contributed by atoms with E-state index in [1.807, 2.05) is 6.07 Å². The van der Waals surface area contributed by atoms with Gasteiger partial charge in [0.2, 0.25) is 5.91 Å². The summed E-state index contributed by atoms with van der Waals surface area (Å²) in [6, 6.07) is 4.78. The number of halogens is 1. The summed E-state index contributed by atoms with van der Waals surface area (Å²) < 4.78 is 15.1. The number of ether oxygens (including phenoxy) is 3. The molecule has 0 radical (unpaired) electrons. The van der Waals surface area contributed by atoms with E-state index in [1.54, 1.807) is 26.4 Å². The van der Waals surface area contributed by atoms with E-state index in [0.717, 1.165) is 5.56 Å². The average molecular weight is 305 g/mol. The molecule has 114 valence electrons. The molecule has 0 heterocycles. The van der Waals surface area contributed by atoms with E-state index in [1.165, 1.54) is 7.11 Å². The highest BCUT2D eigenvalue weighted by molar-refractivity contribution is 5.85. The molecule has 0 aliphatic carbocycles. The van der Waals surface area contributed by atoms with E-state index in [2.05, 4.69) is 5.32 Å². The summed E-state index contributed by atoms with van der Waals surface area (Å²) in [5.74, 6) is 1.01. The van der Waals surface area contributed by atoms with Crippen molar-refractivity contribution in [2.45, 2.75) is 12.6 Å². The molecular formula is C13H21ClN2O4. The molecule has 1 aromatic rings. The number of nitrogens with one attached hydrogen (secondary N) is 1. The van der Waals surface area contributed by atoms with Crippen LogP contribution in [0.3, 0.4) is 0 Å². The first kappa shape index (κ1) is 18.5. The molecule has 1 atom stereocenters. The van der Waals surface area contributed by atoms with Gasteiger partial charge < -0.3 is 25.3 Å². The van der Waals surface area contributed by atoms with Gasteiger partial charge in [-0.05, 0) is 17.7 Å². The van der Waals surface area contributed by atoms with Crippen LogP contribution < -0.4 is 20.5 Å². The minimum Gasteiger partial charge on any atom is -0.493 e. The van der Waals surface area contributed by atoms with Crippen LogP contribution in [0, 0.1) is 0 Å². The van der Waals surface area contributed by atoms with E-state index in [-0.39, 0.29) is 24.9 Å². The number of methoxy groups -OCH3 is 3. The largest absolute Gasteiger partial charge is 0.493 e. The van der Waals surface area contributed by atoms with Crippen LogP contribution in [0.25, 0.3) is 0 Å². The zero-order valence-electron chi connectivity index (χ0n) is 11.8. The molecule has 0 saturated carbocycles. The molecule has 0 aliphatic rings. The Balaban J connectivity index is 0.00000361. The summed E-state index contributed by atoms with van der Waals surface area (Å²) in [4.78, 5) is 11.6. The smallest absolute Gasteiger partial charge is 0.239 e. The molecule has 7 heteroatoms. The fourth-order valence-corrected chi connectivity index (χ4v) is 1.57. The van der Waals surface area contributed by atoms with Crippen LogP contribution >= 0.6 is 12.4 Å². The van der Waals surface area contributed by atoms with Gasteiger partial charge >= 0.3 is 0 Å². The van der Waals surface area contributed by atoms with Gasteiger partial charge in [0.15, 0.2) is 11.5 Å². The first-order valence-electron chi connectivity index (χ1n) is 5.85. The minimum atomic E-state index is -0.662. The molecule has 0 spiro atoms. The second-order valence-electron chi connectivity index (χ2n) is 3.97. The maximum atomic E-state index is 11.6. The van der Waals surface area contributed by atoms with Crippen molar-refractivity contribution in [1.29, 1.82) is 0 Å². The van der Waals surface area contributed by atoms with Crippen molar-refractivity contribution >= 4 is 18.3 Å². The Bertz CT molecular complexity index is 429. The Hall–Kier alpha value is -1.50. The third kappa shape index (κ3) is 5.24. The van der Waals surface area contributed by atoms with Crippen molar-refractivity contribution < 1.29 is 19.0 Å². The molecular weight excluding hydrogens is 284 g/mol. The van der Waals surface area contributed by atoms with Gasteiger partial charge in [-0.1, -0.05) is 6.07 Å². The lowest BCUT2D eigenvalue weighted by Crippen LogP contribution is -2.43. The Kier molecular flexibility index (Phi) is 8.71.